The fraction of sp³-hybridized carbons (Fsp3) is 1.00. The summed E-state index contributed by atoms with van der Waals surface area (Å²) in [6.45, 7) is 5.35. The summed E-state index contributed by atoms with van der Waals surface area (Å²) >= 11 is 0. The van der Waals surface area contributed by atoms with E-state index in [-0.39, 0.29) is 18.2 Å². The van der Waals surface area contributed by atoms with Crippen LogP contribution in [0, 0.1) is 5.92 Å². The molecule has 0 spiro atoms. The fourth-order valence-electron chi connectivity index (χ4n) is 3.06. The average molecular weight is 255 g/mol. The zero-order chi connectivity index (χ0) is 13.0. The largest absolute Gasteiger partial charge is 0.394 e. The van der Waals surface area contributed by atoms with Crippen LogP contribution in [0.5, 0.6) is 0 Å². The zero-order valence-electron chi connectivity index (χ0n) is 12.0. The third-order valence-electron chi connectivity index (χ3n) is 4.31. The van der Waals surface area contributed by atoms with Crippen molar-refractivity contribution >= 4 is 0 Å². The normalized spacial score (nSPS) is 26.2. The Labute approximate surface area is 111 Å². The first-order chi connectivity index (χ1) is 8.61. The van der Waals surface area contributed by atoms with Crippen molar-refractivity contribution in [3.05, 3.63) is 0 Å². The number of nitrogens with one attached hydrogen (secondary N) is 1. The van der Waals surface area contributed by atoms with Crippen molar-refractivity contribution in [1.82, 2.24) is 5.32 Å². The van der Waals surface area contributed by atoms with Gasteiger partial charge in [0.05, 0.1) is 12.7 Å². The predicted octanol–water partition coefficient (Wildman–Crippen LogP) is 2.47. The van der Waals surface area contributed by atoms with Crippen LogP contribution < -0.4 is 5.32 Å². The number of hydrogen-bond acceptors (Lipinski definition) is 3. The van der Waals surface area contributed by atoms with Crippen molar-refractivity contribution in [3.63, 3.8) is 0 Å². The van der Waals surface area contributed by atoms with Gasteiger partial charge < -0.3 is 15.2 Å². The van der Waals surface area contributed by atoms with E-state index < -0.39 is 0 Å². The maximum atomic E-state index is 9.57. The van der Waals surface area contributed by atoms with E-state index in [0.717, 1.165) is 18.9 Å². The molecule has 0 amide bonds. The molecule has 3 heteroatoms. The van der Waals surface area contributed by atoms with Crippen LogP contribution in [0.3, 0.4) is 0 Å². The maximum absolute atomic E-state index is 9.57. The molecule has 0 aliphatic heterocycles. The summed E-state index contributed by atoms with van der Waals surface area (Å²) in [5.41, 5.74) is -0.170. The van der Waals surface area contributed by atoms with Gasteiger partial charge in [-0.2, -0.15) is 0 Å². The van der Waals surface area contributed by atoms with Gasteiger partial charge in [0.25, 0.3) is 0 Å². The molecule has 106 valence electrons. The third kappa shape index (κ3) is 4.52. The highest BCUT2D eigenvalue weighted by Crippen LogP contribution is 2.27. The van der Waals surface area contributed by atoms with Gasteiger partial charge in [0, 0.05) is 18.2 Å². The van der Waals surface area contributed by atoms with Gasteiger partial charge in [-0.1, -0.05) is 12.8 Å². The van der Waals surface area contributed by atoms with Gasteiger partial charge in [-0.3, -0.25) is 0 Å². The van der Waals surface area contributed by atoms with Crippen molar-refractivity contribution in [2.75, 3.05) is 13.2 Å². The molecule has 0 heterocycles. The Balaban J connectivity index is 1.68. The third-order valence-corrected chi connectivity index (χ3v) is 4.31. The Hall–Kier alpha value is -0.120. The van der Waals surface area contributed by atoms with Crippen molar-refractivity contribution in [2.45, 2.75) is 76.5 Å². The lowest BCUT2D eigenvalue weighted by Crippen LogP contribution is -2.49. The van der Waals surface area contributed by atoms with E-state index >= 15 is 0 Å². The van der Waals surface area contributed by atoms with E-state index in [1.165, 1.54) is 38.5 Å². The van der Waals surface area contributed by atoms with Crippen molar-refractivity contribution in [1.29, 1.82) is 0 Å². The minimum absolute atomic E-state index is 0.170. The second kappa shape index (κ2) is 6.36. The summed E-state index contributed by atoms with van der Waals surface area (Å²) in [6, 6.07) is 0.629. The van der Waals surface area contributed by atoms with Crippen LogP contribution in [-0.4, -0.2) is 36.0 Å². The van der Waals surface area contributed by atoms with Gasteiger partial charge in [-0.05, 0) is 51.9 Å². The second-order valence-electron chi connectivity index (χ2n) is 6.64. The Morgan fingerprint density at radius 3 is 2.50 bits per heavy atom. The van der Waals surface area contributed by atoms with Gasteiger partial charge in [-0.25, -0.2) is 0 Å². The first kappa shape index (κ1) is 14.3. The molecule has 0 aromatic rings. The quantitative estimate of drug-likeness (QED) is 0.700. The Morgan fingerprint density at radius 2 is 1.94 bits per heavy atom. The molecule has 2 saturated carbocycles. The van der Waals surface area contributed by atoms with Crippen LogP contribution in [0.15, 0.2) is 0 Å². The summed E-state index contributed by atoms with van der Waals surface area (Å²) in [6.07, 6.45) is 9.07. The molecule has 2 rings (SSSR count). The average Bonchev–Trinajstić information content (AvgIpc) is 2.98. The highest BCUT2D eigenvalue weighted by molar-refractivity contribution is 4.93. The van der Waals surface area contributed by atoms with E-state index in [0.29, 0.717) is 6.04 Å². The molecule has 0 aromatic carbocycles. The minimum Gasteiger partial charge on any atom is -0.394 e. The molecule has 2 N–H and O–H groups in total. The van der Waals surface area contributed by atoms with Gasteiger partial charge >= 0.3 is 0 Å². The molecule has 2 aliphatic rings. The molecule has 0 saturated heterocycles. The monoisotopic (exact) mass is 255 g/mol. The van der Waals surface area contributed by atoms with Crippen molar-refractivity contribution in [3.8, 4) is 0 Å². The Morgan fingerprint density at radius 1 is 1.28 bits per heavy atom. The van der Waals surface area contributed by atoms with Crippen LogP contribution in [-0.2, 0) is 4.74 Å². The van der Waals surface area contributed by atoms with Gasteiger partial charge in [-0.15, -0.1) is 0 Å². The molecule has 2 unspecified atom stereocenters. The second-order valence-corrected chi connectivity index (χ2v) is 6.64. The summed E-state index contributed by atoms with van der Waals surface area (Å²) in [4.78, 5) is 0. The van der Waals surface area contributed by atoms with Crippen LogP contribution in [0.2, 0.25) is 0 Å². The standard InChI is InChI=1S/C15H29NO2/c1-12(18-10-13-5-3-4-6-13)9-15(2,11-17)16-14-7-8-14/h12-14,16-17H,3-11H2,1-2H3. The summed E-state index contributed by atoms with van der Waals surface area (Å²) in [7, 11) is 0. The smallest absolute Gasteiger partial charge is 0.0611 e. The summed E-state index contributed by atoms with van der Waals surface area (Å²) in [5, 5.41) is 13.1. The number of aliphatic hydroxyl groups excluding tert-OH is 1. The maximum Gasteiger partial charge on any atom is 0.0611 e. The zero-order valence-corrected chi connectivity index (χ0v) is 12.0. The first-order valence-corrected chi connectivity index (χ1v) is 7.61. The van der Waals surface area contributed by atoms with E-state index in [2.05, 4.69) is 19.2 Å². The van der Waals surface area contributed by atoms with Crippen LogP contribution in [0.4, 0.5) is 0 Å². The molecule has 2 atom stereocenters. The molecule has 0 aromatic heterocycles. The lowest BCUT2D eigenvalue weighted by molar-refractivity contribution is 0.0107. The van der Waals surface area contributed by atoms with E-state index in [4.69, 9.17) is 4.74 Å². The minimum atomic E-state index is -0.170. The molecule has 3 nitrogen and oxygen atoms in total. The Kier molecular flexibility index (Phi) is 5.05. The van der Waals surface area contributed by atoms with E-state index in [9.17, 15) is 5.11 Å². The molecule has 2 fully saturated rings. The van der Waals surface area contributed by atoms with Crippen molar-refractivity contribution < 1.29 is 9.84 Å². The molecule has 0 bridgehead atoms. The SMILES string of the molecule is CC(CC(C)(CO)NC1CC1)OCC1CCCC1. The van der Waals surface area contributed by atoms with Crippen LogP contribution >= 0.6 is 0 Å². The van der Waals surface area contributed by atoms with Crippen LogP contribution in [0.25, 0.3) is 0 Å². The highest BCUT2D eigenvalue weighted by atomic mass is 16.5. The fourth-order valence-corrected chi connectivity index (χ4v) is 3.06. The molecule has 18 heavy (non-hydrogen) atoms. The van der Waals surface area contributed by atoms with Crippen LogP contribution in [0.1, 0.15) is 58.8 Å². The number of ether oxygens (including phenoxy) is 1. The molecular formula is C15H29NO2. The summed E-state index contributed by atoms with van der Waals surface area (Å²) in [5.74, 6) is 0.782. The lowest BCUT2D eigenvalue weighted by Gasteiger charge is -2.32. The van der Waals surface area contributed by atoms with E-state index in [1.807, 2.05) is 0 Å². The van der Waals surface area contributed by atoms with E-state index in [1.54, 1.807) is 0 Å². The molecular weight excluding hydrogens is 226 g/mol. The molecule has 0 radical (unpaired) electrons. The predicted molar refractivity (Wildman–Crippen MR) is 73.6 cm³/mol. The van der Waals surface area contributed by atoms with Gasteiger partial charge in [0.1, 0.15) is 0 Å². The topological polar surface area (TPSA) is 41.5 Å². The van der Waals surface area contributed by atoms with Gasteiger partial charge in [0.2, 0.25) is 0 Å². The first-order valence-electron chi connectivity index (χ1n) is 7.61. The number of aliphatic hydroxyl groups is 1. The number of hydrogen-bond donors (Lipinski definition) is 2. The Bertz CT molecular complexity index is 249. The number of rotatable bonds is 8. The van der Waals surface area contributed by atoms with Gasteiger partial charge in [0.15, 0.2) is 0 Å². The highest BCUT2D eigenvalue weighted by Gasteiger charge is 2.33. The summed E-state index contributed by atoms with van der Waals surface area (Å²) < 4.78 is 5.97. The molecule has 2 aliphatic carbocycles. The lowest BCUT2D eigenvalue weighted by atomic mass is 9.95. The van der Waals surface area contributed by atoms with Crippen molar-refractivity contribution in [2.24, 2.45) is 5.92 Å².